The fraction of sp³-hybridized carbons (Fsp3) is 0.447. The molecule has 20 heteroatoms. The van der Waals surface area contributed by atoms with Gasteiger partial charge >= 0.3 is 11.9 Å². The average molecular weight is 970 g/mol. The molecule has 4 rings (SSSR count). The van der Waals surface area contributed by atoms with Crippen LogP contribution in [0, 0.1) is 0 Å². The molecule has 2 heterocycles. The number of rotatable bonds is 26. The van der Waals surface area contributed by atoms with Gasteiger partial charge in [0.25, 0.3) is 0 Å². The zero-order valence-corrected chi connectivity index (χ0v) is 39.8. The van der Waals surface area contributed by atoms with E-state index in [1.807, 2.05) is 79.7 Å². The van der Waals surface area contributed by atoms with Crippen molar-refractivity contribution in [3.05, 3.63) is 107 Å². The lowest BCUT2D eigenvalue weighted by Gasteiger charge is -2.27. The molecule has 0 aliphatic carbocycles. The Morgan fingerprint density at radius 2 is 1.40 bits per heavy atom. The van der Waals surface area contributed by atoms with E-state index >= 15 is 0 Å². The number of unbranched alkanes of at least 4 members (excludes halogenated alkanes) is 2. The first-order chi connectivity index (χ1) is 31.8. The van der Waals surface area contributed by atoms with Crippen LogP contribution >= 0.6 is 0 Å². The van der Waals surface area contributed by atoms with Crippen LogP contribution in [0.1, 0.15) is 88.5 Å². The fourth-order valence-corrected chi connectivity index (χ4v) is 8.99. The van der Waals surface area contributed by atoms with Crippen LogP contribution in [-0.2, 0) is 74.7 Å². The standard InChI is InChI=1S/C46H60N4O13S2.CH2O/c1-45(2)33-26-31(28-40(51)47-35(44(56)57)20-23-63-58)16-18-36(33)49(21-10-12-24-64(59)60)38(45)14-8-6-5-7-9-15-39-46(3,4)34-27-32(29-41(52)48-42(53)30-43(54)55)17-19-37(34)50(39)22-11-13-25-65(61)62;1-2/h5-9,14-19,26-27,35,42,53H,10-13,20-25,28-30H2,1-4H3,(H6-,47,48,51,52,54,55,56,57,58,59,60,61,62);1H2/p-1. The van der Waals surface area contributed by atoms with Gasteiger partial charge in [0, 0.05) is 65.4 Å². The molecule has 4 atom stereocenters. The zero-order chi connectivity index (χ0) is 49.9. The highest BCUT2D eigenvalue weighted by Crippen LogP contribution is 2.48. The number of carbonyl (C=O) groups is 5. The normalized spacial score (nSPS) is 17.3. The molecule has 2 aliphatic rings. The summed E-state index contributed by atoms with van der Waals surface area (Å²) in [5.41, 5.74) is 5.95. The fourth-order valence-electron chi connectivity index (χ4n) is 8.11. The number of benzene rings is 2. The van der Waals surface area contributed by atoms with Crippen LogP contribution in [0.3, 0.4) is 0 Å². The molecule has 2 amide bonds. The number of nitrogens with zero attached hydrogens (tertiary/aromatic N) is 2. The molecule has 0 aromatic heterocycles. The zero-order valence-electron chi connectivity index (χ0n) is 38.1. The van der Waals surface area contributed by atoms with Gasteiger partial charge in [-0.1, -0.05) is 84.6 Å². The summed E-state index contributed by atoms with van der Waals surface area (Å²) < 4.78 is 47.1. The number of aliphatic hydroxyl groups excluding tert-OH is 1. The number of anilines is 1. The van der Waals surface area contributed by atoms with Gasteiger partial charge in [-0.25, -0.2) is 9.68 Å². The Morgan fingerprint density at radius 3 is 2.01 bits per heavy atom. The van der Waals surface area contributed by atoms with E-state index in [1.165, 1.54) is 0 Å². The molecule has 366 valence electrons. The van der Waals surface area contributed by atoms with Gasteiger partial charge in [0.05, 0.1) is 31.3 Å². The number of hydrogen-bond acceptors (Lipinski definition) is 13. The van der Waals surface area contributed by atoms with E-state index in [4.69, 9.17) is 15.2 Å². The van der Waals surface area contributed by atoms with Crippen LogP contribution in [0.4, 0.5) is 11.4 Å². The first-order valence-corrected chi connectivity index (χ1v) is 24.0. The summed E-state index contributed by atoms with van der Waals surface area (Å²) in [4.78, 5) is 62.2. The minimum absolute atomic E-state index is 0.0456. The van der Waals surface area contributed by atoms with Crippen molar-refractivity contribution in [1.82, 2.24) is 10.6 Å². The lowest BCUT2D eigenvalue weighted by atomic mass is 9.80. The third-order valence-corrected chi connectivity index (χ3v) is 12.6. The van der Waals surface area contributed by atoms with Crippen LogP contribution in [0.2, 0.25) is 0 Å². The first kappa shape index (κ1) is 55.8. The molecule has 18 nitrogen and oxygen atoms in total. The molecule has 4 unspecified atom stereocenters. The Bertz CT molecular complexity index is 2290. The summed E-state index contributed by atoms with van der Waals surface area (Å²) in [6, 6.07) is 10.1. The molecule has 0 saturated heterocycles. The molecular formula is C47H61N4O14S2-. The van der Waals surface area contributed by atoms with E-state index in [9.17, 15) is 46.9 Å². The number of fused-ring (bicyclic) bond motifs is 2. The SMILES string of the molecule is C=O.CC1(C)C(=CC=CC=CC=CC2=[N+](CCCCS(=O)[O-])c3ccc(CC(=O)NC(O)CC(=O)O)cc3C2(C)C)N(CCCCS(=O)[O-])c2ccc(CC(=O)NC(CCOO)C(=O)O)cc21. The highest BCUT2D eigenvalue weighted by Gasteiger charge is 2.44. The van der Waals surface area contributed by atoms with Gasteiger partial charge in [0.2, 0.25) is 17.5 Å². The minimum atomic E-state index is -2.15. The molecule has 0 bridgehead atoms. The Labute approximate surface area is 395 Å². The van der Waals surface area contributed by atoms with Gasteiger partial charge < -0.3 is 44.8 Å². The van der Waals surface area contributed by atoms with Gasteiger partial charge in [-0.15, -0.1) is 0 Å². The van der Waals surface area contributed by atoms with Crippen LogP contribution in [0.15, 0.2) is 84.6 Å². The second-order valence-electron chi connectivity index (χ2n) is 16.9. The molecule has 0 spiro atoms. The number of aliphatic hydroxyl groups is 1. The van der Waals surface area contributed by atoms with Crippen LogP contribution in [0.25, 0.3) is 0 Å². The first-order valence-electron chi connectivity index (χ1n) is 21.6. The topological polar surface area (TPSA) is 286 Å². The number of aliphatic carboxylic acids is 2. The van der Waals surface area contributed by atoms with Gasteiger partial charge in [-0.2, -0.15) is 4.58 Å². The average Bonchev–Trinajstić information content (AvgIpc) is 3.59. The molecule has 2 aromatic carbocycles. The highest BCUT2D eigenvalue weighted by molar-refractivity contribution is 7.79. The molecule has 6 N–H and O–H groups in total. The molecule has 2 aromatic rings. The number of carboxylic acid groups (broad SMARTS) is 2. The second-order valence-corrected chi connectivity index (χ2v) is 18.9. The van der Waals surface area contributed by atoms with Crippen molar-refractivity contribution < 1.29 is 71.5 Å². The quantitative estimate of drug-likeness (QED) is 0.0148. The number of allylic oxidation sites excluding steroid dienone is 8. The summed E-state index contributed by atoms with van der Waals surface area (Å²) in [5.74, 6) is -3.42. The molecule has 0 saturated carbocycles. The predicted octanol–water partition coefficient (Wildman–Crippen LogP) is 3.99. The van der Waals surface area contributed by atoms with Gasteiger partial charge in [-0.05, 0) is 68.0 Å². The van der Waals surface area contributed by atoms with Crippen molar-refractivity contribution in [3.8, 4) is 0 Å². The van der Waals surface area contributed by atoms with Gasteiger partial charge in [0.15, 0.2) is 5.71 Å². The number of carboxylic acids is 2. The lowest BCUT2D eigenvalue weighted by Crippen LogP contribution is -2.42. The molecule has 0 radical (unpaired) electrons. The van der Waals surface area contributed by atoms with Gasteiger partial charge in [-0.3, -0.25) is 28.1 Å². The maximum atomic E-state index is 12.9. The lowest BCUT2D eigenvalue weighted by molar-refractivity contribution is -0.438. The van der Waals surface area contributed by atoms with Crippen molar-refractivity contribution in [3.63, 3.8) is 0 Å². The van der Waals surface area contributed by atoms with Crippen molar-refractivity contribution in [1.29, 1.82) is 0 Å². The van der Waals surface area contributed by atoms with E-state index < -0.39 is 75.4 Å². The smallest absolute Gasteiger partial charge is 0.326 e. The summed E-state index contributed by atoms with van der Waals surface area (Å²) in [6.07, 6.45) is 13.3. The largest absolute Gasteiger partial charge is 0.772 e. The van der Waals surface area contributed by atoms with Crippen molar-refractivity contribution >= 4 is 69.8 Å². The van der Waals surface area contributed by atoms with E-state index in [2.05, 4.69) is 52.7 Å². The van der Waals surface area contributed by atoms with E-state index in [0.29, 0.717) is 49.9 Å². The molecule has 0 fully saturated rings. The van der Waals surface area contributed by atoms with Crippen LogP contribution in [-0.4, -0.2) is 122 Å². The van der Waals surface area contributed by atoms with Crippen LogP contribution < -0.4 is 15.5 Å². The Balaban J connectivity index is 0.00000587. The number of amides is 2. The summed E-state index contributed by atoms with van der Waals surface area (Å²) in [5, 5.41) is 41.7. The number of hydrogen-bond donors (Lipinski definition) is 6. The highest BCUT2D eigenvalue weighted by atomic mass is 32.2. The third kappa shape index (κ3) is 16.4. The predicted molar refractivity (Wildman–Crippen MR) is 251 cm³/mol. The minimum Gasteiger partial charge on any atom is -0.772 e. The summed E-state index contributed by atoms with van der Waals surface area (Å²) in [7, 11) is 0. The van der Waals surface area contributed by atoms with E-state index in [1.54, 1.807) is 6.07 Å². The maximum absolute atomic E-state index is 12.9. The molecule has 67 heavy (non-hydrogen) atoms. The Kier molecular flexibility index (Phi) is 22.3. The van der Waals surface area contributed by atoms with Crippen molar-refractivity contribution in [2.75, 3.05) is 36.1 Å². The van der Waals surface area contributed by atoms with Crippen molar-refractivity contribution in [2.24, 2.45) is 0 Å². The second kappa shape index (κ2) is 26.8. The molecular weight excluding hydrogens is 909 g/mol. The number of nitrogens with one attached hydrogen (secondary N) is 2. The summed E-state index contributed by atoms with van der Waals surface area (Å²) in [6.45, 7) is 11.1. The maximum Gasteiger partial charge on any atom is 0.326 e. The van der Waals surface area contributed by atoms with Crippen LogP contribution in [0.5, 0.6) is 0 Å². The van der Waals surface area contributed by atoms with E-state index in [0.717, 1.165) is 33.9 Å². The Hall–Kier alpha value is -5.48. The van der Waals surface area contributed by atoms with Crippen molar-refractivity contribution in [2.45, 2.75) is 102 Å². The third-order valence-electron chi connectivity index (χ3n) is 11.3. The molecule has 2 aliphatic heterocycles. The Morgan fingerprint density at radius 1 is 0.821 bits per heavy atom. The summed E-state index contributed by atoms with van der Waals surface area (Å²) >= 11 is -4.30. The van der Waals surface area contributed by atoms with E-state index in [-0.39, 0.29) is 37.4 Å². The van der Waals surface area contributed by atoms with Gasteiger partial charge in [0.1, 0.15) is 25.6 Å². The monoisotopic (exact) mass is 969 g/mol. The number of carbonyl (C=O) groups excluding carboxylic acids is 3.